The highest BCUT2D eigenvalue weighted by Crippen LogP contribution is 2.29. The molecule has 0 atom stereocenters. The van der Waals surface area contributed by atoms with Crippen LogP contribution in [0.25, 0.3) is 0 Å². The lowest BCUT2D eigenvalue weighted by Crippen LogP contribution is -2.44. The van der Waals surface area contributed by atoms with Crippen molar-refractivity contribution >= 4 is 5.82 Å². The first-order valence-corrected chi connectivity index (χ1v) is 8.56. The number of aromatic nitrogens is 2. The van der Waals surface area contributed by atoms with Crippen molar-refractivity contribution < 1.29 is 0 Å². The Labute approximate surface area is 133 Å². The van der Waals surface area contributed by atoms with E-state index >= 15 is 0 Å². The van der Waals surface area contributed by atoms with Gasteiger partial charge in [-0.3, -0.25) is 4.98 Å². The van der Waals surface area contributed by atoms with E-state index in [2.05, 4.69) is 30.4 Å². The van der Waals surface area contributed by atoms with Crippen LogP contribution in [-0.2, 0) is 0 Å². The van der Waals surface area contributed by atoms with E-state index in [1.165, 1.54) is 45.6 Å². The topological polar surface area (TPSA) is 56.3 Å². The fourth-order valence-electron chi connectivity index (χ4n) is 2.91. The van der Waals surface area contributed by atoms with Crippen molar-refractivity contribution in [1.82, 2.24) is 25.5 Å². The molecule has 3 aliphatic rings. The normalized spacial score (nSPS) is 22.8. The summed E-state index contributed by atoms with van der Waals surface area (Å²) in [6, 6.07) is 0. The number of anilines is 1. The molecule has 1 aromatic heterocycles. The van der Waals surface area contributed by atoms with Crippen molar-refractivity contribution in [2.75, 3.05) is 63.8 Å². The smallest absolute Gasteiger partial charge is 0.147 e. The van der Waals surface area contributed by atoms with Crippen molar-refractivity contribution in [1.29, 1.82) is 0 Å². The summed E-state index contributed by atoms with van der Waals surface area (Å²) in [5.41, 5.74) is 0. The monoisotopic (exact) mass is 304 g/mol. The Morgan fingerprint density at radius 3 is 2.23 bits per heavy atom. The third-order valence-electron chi connectivity index (χ3n) is 4.41. The Morgan fingerprint density at radius 1 is 0.955 bits per heavy atom. The lowest BCUT2D eigenvalue weighted by atomic mass is 10.3. The van der Waals surface area contributed by atoms with Gasteiger partial charge in [0.25, 0.3) is 0 Å². The van der Waals surface area contributed by atoms with Gasteiger partial charge in [-0.15, -0.1) is 0 Å². The Hall–Kier alpha value is -1.24. The largest absolute Gasteiger partial charge is 0.353 e. The highest BCUT2D eigenvalue weighted by molar-refractivity contribution is 5.35. The molecule has 0 radical (unpaired) electrons. The van der Waals surface area contributed by atoms with E-state index in [1.807, 2.05) is 6.20 Å². The predicted octanol–water partition coefficient (Wildman–Crippen LogP) is 0.188. The molecule has 0 unspecified atom stereocenters. The second-order valence-corrected chi connectivity index (χ2v) is 6.29. The van der Waals surface area contributed by atoms with Gasteiger partial charge >= 0.3 is 0 Å². The summed E-state index contributed by atoms with van der Waals surface area (Å²) in [7, 11) is 0. The SMILES string of the molecule is C1CN(CC2CC2)CCN1.c1cnc(N2CCNCC2)cn1. The first-order valence-electron chi connectivity index (χ1n) is 8.56. The number of nitrogens with zero attached hydrogens (tertiary/aromatic N) is 4. The van der Waals surface area contributed by atoms with Gasteiger partial charge in [0.05, 0.1) is 6.20 Å². The van der Waals surface area contributed by atoms with Crippen LogP contribution in [0.5, 0.6) is 0 Å². The van der Waals surface area contributed by atoms with Crippen molar-refractivity contribution in [2.45, 2.75) is 12.8 Å². The maximum atomic E-state index is 4.24. The molecule has 0 bridgehead atoms. The number of hydrogen-bond acceptors (Lipinski definition) is 6. The van der Waals surface area contributed by atoms with Gasteiger partial charge in [-0.05, 0) is 18.8 Å². The third kappa shape index (κ3) is 5.19. The van der Waals surface area contributed by atoms with E-state index in [-0.39, 0.29) is 0 Å². The fourth-order valence-corrected chi connectivity index (χ4v) is 2.91. The molecule has 122 valence electrons. The van der Waals surface area contributed by atoms with E-state index in [0.717, 1.165) is 37.9 Å². The summed E-state index contributed by atoms with van der Waals surface area (Å²) in [4.78, 5) is 13.1. The Bertz CT molecular complexity index is 410. The van der Waals surface area contributed by atoms with Gasteiger partial charge < -0.3 is 20.4 Å². The molecular weight excluding hydrogens is 276 g/mol. The highest BCUT2D eigenvalue weighted by Gasteiger charge is 2.24. The zero-order valence-corrected chi connectivity index (χ0v) is 13.4. The summed E-state index contributed by atoms with van der Waals surface area (Å²) < 4.78 is 0. The number of rotatable bonds is 3. The predicted molar refractivity (Wildman–Crippen MR) is 89.1 cm³/mol. The first-order chi connectivity index (χ1) is 10.9. The molecular formula is C16H28N6. The van der Waals surface area contributed by atoms with Gasteiger partial charge in [0.15, 0.2) is 0 Å². The lowest BCUT2D eigenvalue weighted by molar-refractivity contribution is 0.232. The standard InChI is InChI=1S/C8H12N4.C8H16N2/c1-2-11-8(7-10-1)12-5-3-9-4-6-12;1-2-8(1)7-10-5-3-9-4-6-10/h1-2,7,9H,3-6H2;8-9H,1-7H2. The minimum atomic E-state index is 0.985. The molecule has 1 saturated carbocycles. The van der Waals surface area contributed by atoms with Crippen molar-refractivity contribution in [3.8, 4) is 0 Å². The van der Waals surface area contributed by atoms with Crippen molar-refractivity contribution in [3.05, 3.63) is 18.6 Å². The zero-order chi connectivity index (χ0) is 15.0. The summed E-state index contributed by atoms with van der Waals surface area (Å²) in [5, 5.41) is 6.66. The fraction of sp³-hybridized carbons (Fsp3) is 0.750. The summed E-state index contributed by atoms with van der Waals surface area (Å²) in [6.45, 7) is 10.5. The van der Waals surface area contributed by atoms with E-state index < -0.39 is 0 Å². The van der Waals surface area contributed by atoms with E-state index in [4.69, 9.17) is 0 Å². The third-order valence-corrected chi connectivity index (χ3v) is 4.41. The van der Waals surface area contributed by atoms with Crippen LogP contribution in [0, 0.1) is 5.92 Å². The van der Waals surface area contributed by atoms with E-state index in [9.17, 15) is 0 Å². The quantitative estimate of drug-likeness (QED) is 0.831. The van der Waals surface area contributed by atoms with Crippen LogP contribution in [0.3, 0.4) is 0 Å². The van der Waals surface area contributed by atoms with Gasteiger partial charge in [0.1, 0.15) is 5.82 Å². The van der Waals surface area contributed by atoms with Gasteiger partial charge in [-0.2, -0.15) is 0 Å². The minimum Gasteiger partial charge on any atom is -0.353 e. The van der Waals surface area contributed by atoms with E-state index in [1.54, 1.807) is 12.4 Å². The maximum absolute atomic E-state index is 4.24. The molecule has 0 aromatic carbocycles. The molecule has 6 heteroatoms. The van der Waals surface area contributed by atoms with Crippen LogP contribution in [0.2, 0.25) is 0 Å². The Morgan fingerprint density at radius 2 is 1.64 bits per heavy atom. The Kier molecular flexibility index (Phi) is 5.98. The zero-order valence-electron chi connectivity index (χ0n) is 13.4. The highest BCUT2D eigenvalue weighted by atomic mass is 15.2. The number of hydrogen-bond donors (Lipinski definition) is 2. The second-order valence-electron chi connectivity index (χ2n) is 6.29. The summed E-state index contributed by atoms with van der Waals surface area (Å²) in [6.07, 6.45) is 8.22. The molecule has 1 aliphatic carbocycles. The van der Waals surface area contributed by atoms with Gasteiger partial charge in [-0.25, -0.2) is 4.98 Å². The second kappa shape index (κ2) is 8.41. The van der Waals surface area contributed by atoms with Crippen LogP contribution in [0.1, 0.15) is 12.8 Å². The van der Waals surface area contributed by atoms with Gasteiger partial charge in [0.2, 0.25) is 0 Å². The molecule has 2 N–H and O–H groups in total. The number of nitrogens with one attached hydrogen (secondary N) is 2. The molecule has 22 heavy (non-hydrogen) atoms. The van der Waals surface area contributed by atoms with Crippen LogP contribution < -0.4 is 15.5 Å². The molecule has 1 aromatic rings. The van der Waals surface area contributed by atoms with Crippen LogP contribution >= 0.6 is 0 Å². The van der Waals surface area contributed by atoms with Crippen molar-refractivity contribution in [3.63, 3.8) is 0 Å². The summed E-state index contributed by atoms with van der Waals surface area (Å²) in [5.74, 6) is 2.05. The molecule has 0 spiro atoms. The minimum absolute atomic E-state index is 0.985. The first kappa shape index (κ1) is 15.6. The van der Waals surface area contributed by atoms with Crippen LogP contribution in [0.15, 0.2) is 18.6 Å². The van der Waals surface area contributed by atoms with Crippen LogP contribution in [-0.4, -0.2) is 73.8 Å². The lowest BCUT2D eigenvalue weighted by Gasteiger charge is -2.27. The van der Waals surface area contributed by atoms with Gasteiger partial charge in [-0.1, -0.05) is 0 Å². The van der Waals surface area contributed by atoms with Crippen LogP contribution in [0.4, 0.5) is 5.82 Å². The average molecular weight is 304 g/mol. The maximum Gasteiger partial charge on any atom is 0.147 e. The van der Waals surface area contributed by atoms with Gasteiger partial charge in [0, 0.05) is 71.3 Å². The van der Waals surface area contributed by atoms with E-state index in [0.29, 0.717) is 0 Å². The summed E-state index contributed by atoms with van der Waals surface area (Å²) >= 11 is 0. The average Bonchev–Trinajstić information content (AvgIpc) is 3.42. The Balaban J connectivity index is 0.000000133. The molecule has 3 fully saturated rings. The molecule has 2 aliphatic heterocycles. The molecule has 2 saturated heterocycles. The molecule has 4 rings (SSSR count). The van der Waals surface area contributed by atoms with Crippen molar-refractivity contribution in [2.24, 2.45) is 5.92 Å². The molecule has 0 amide bonds. The number of piperazine rings is 2. The molecule has 3 heterocycles. The molecule has 6 nitrogen and oxygen atoms in total.